The van der Waals surface area contributed by atoms with Crippen LogP contribution in [0.1, 0.15) is 70.6 Å². The molecule has 0 saturated heterocycles. The van der Waals surface area contributed by atoms with Crippen molar-refractivity contribution in [2.24, 2.45) is 12.5 Å². The van der Waals surface area contributed by atoms with Crippen LogP contribution >= 0.6 is 0 Å². The molecule has 1 atom stereocenters. The summed E-state index contributed by atoms with van der Waals surface area (Å²) in [5, 5.41) is 7.06. The first-order chi connectivity index (χ1) is 14.0. The Bertz CT molecular complexity index is 957. The molecule has 1 N–H and O–H groups in total. The van der Waals surface area contributed by atoms with Gasteiger partial charge in [-0.2, -0.15) is 4.68 Å². The maximum atomic E-state index is 15.0. The molecule has 0 saturated carbocycles. The van der Waals surface area contributed by atoms with E-state index in [1.165, 1.54) is 10.6 Å². The third kappa shape index (κ3) is 5.49. The van der Waals surface area contributed by atoms with Crippen LogP contribution in [0, 0.1) is 11.2 Å². The summed E-state index contributed by atoms with van der Waals surface area (Å²) in [6, 6.07) is 2.51. The molecule has 8 heteroatoms. The first-order valence-electron chi connectivity index (χ1n) is 10.4. The Morgan fingerprint density at radius 1 is 1.30 bits per heavy atom. The van der Waals surface area contributed by atoms with Gasteiger partial charge in [0, 0.05) is 26.1 Å². The average Bonchev–Trinajstić information content (AvgIpc) is 2.95. The molecule has 2 rings (SSSR count). The number of hydrogen-bond donors (Lipinski definition) is 1. The number of rotatable bonds is 8. The molecule has 0 bridgehead atoms. The van der Waals surface area contributed by atoms with Crippen molar-refractivity contribution in [3.63, 3.8) is 0 Å². The molecule has 0 radical (unpaired) electrons. The zero-order chi connectivity index (χ0) is 22.6. The molecule has 166 valence electrons. The summed E-state index contributed by atoms with van der Waals surface area (Å²) in [5.41, 5.74) is -0.518. The highest BCUT2D eigenvalue weighted by Gasteiger charge is 2.23. The third-order valence-corrected chi connectivity index (χ3v) is 4.71. The number of amides is 1. The third-order valence-electron chi connectivity index (χ3n) is 4.71. The van der Waals surface area contributed by atoms with Gasteiger partial charge in [-0.15, -0.1) is 5.10 Å². The number of carbonyl (C=O) groups excluding carboxylic acids is 1. The topological polar surface area (TPSA) is 78.2 Å². The number of ether oxygens (including phenoxy) is 1. The Balaban J connectivity index is 2.54. The summed E-state index contributed by atoms with van der Waals surface area (Å²) in [5.74, 6) is -0.367. The van der Waals surface area contributed by atoms with Crippen molar-refractivity contribution in [3.8, 4) is 11.4 Å². The molecule has 7 nitrogen and oxygen atoms in total. The van der Waals surface area contributed by atoms with Crippen molar-refractivity contribution in [2.45, 2.75) is 66.9 Å². The Hall–Kier alpha value is -2.64. The van der Waals surface area contributed by atoms with Gasteiger partial charge in [0.25, 0.3) is 5.91 Å². The highest BCUT2D eigenvalue weighted by Crippen LogP contribution is 2.27. The van der Waals surface area contributed by atoms with Crippen LogP contribution < -0.4 is 15.7 Å². The standard InChI is InChI=1S/C22H33FN4O3/c1-8-10-14(3)30-18-12-17(27-21(29)26(7)19(9-2)25-27)16(23)11-15(18)20(28)24-13-22(4,5)6/h11-12,14H,8-10,13H2,1-7H3,(H,24,28)/t14-/m0/s1. The largest absolute Gasteiger partial charge is 0.490 e. The highest BCUT2D eigenvalue weighted by atomic mass is 19.1. The predicted molar refractivity (Wildman–Crippen MR) is 115 cm³/mol. The van der Waals surface area contributed by atoms with Crippen molar-refractivity contribution in [1.29, 1.82) is 0 Å². The number of hydrogen-bond acceptors (Lipinski definition) is 4. The maximum absolute atomic E-state index is 15.0. The van der Waals surface area contributed by atoms with E-state index in [2.05, 4.69) is 10.4 Å². The summed E-state index contributed by atoms with van der Waals surface area (Å²) in [6.45, 7) is 12.2. The summed E-state index contributed by atoms with van der Waals surface area (Å²) < 4.78 is 23.4. The Labute approximate surface area is 177 Å². The zero-order valence-electron chi connectivity index (χ0n) is 19.0. The van der Waals surface area contributed by atoms with E-state index in [1.807, 2.05) is 41.5 Å². The summed E-state index contributed by atoms with van der Waals surface area (Å²) in [4.78, 5) is 25.3. The minimum atomic E-state index is -0.714. The number of benzene rings is 1. The van der Waals surface area contributed by atoms with Gasteiger partial charge in [-0.1, -0.05) is 41.0 Å². The van der Waals surface area contributed by atoms with Crippen LogP contribution in [0.3, 0.4) is 0 Å². The van der Waals surface area contributed by atoms with Crippen LogP contribution in [-0.4, -0.2) is 32.9 Å². The fraction of sp³-hybridized carbons (Fsp3) is 0.591. The van der Waals surface area contributed by atoms with Gasteiger partial charge in [0.1, 0.15) is 23.1 Å². The zero-order valence-corrected chi connectivity index (χ0v) is 19.0. The van der Waals surface area contributed by atoms with E-state index in [1.54, 1.807) is 7.05 Å². The molecule has 0 fully saturated rings. The lowest BCUT2D eigenvalue weighted by Crippen LogP contribution is -2.33. The monoisotopic (exact) mass is 420 g/mol. The molecule has 1 aromatic carbocycles. The lowest BCUT2D eigenvalue weighted by Gasteiger charge is -2.21. The van der Waals surface area contributed by atoms with Crippen LogP contribution in [0.2, 0.25) is 0 Å². The maximum Gasteiger partial charge on any atom is 0.350 e. The van der Waals surface area contributed by atoms with Crippen molar-refractivity contribution in [1.82, 2.24) is 19.7 Å². The van der Waals surface area contributed by atoms with E-state index < -0.39 is 17.4 Å². The quantitative estimate of drug-likeness (QED) is 0.708. The lowest BCUT2D eigenvalue weighted by molar-refractivity contribution is 0.0931. The molecule has 1 heterocycles. The van der Waals surface area contributed by atoms with E-state index in [9.17, 15) is 9.59 Å². The second kappa shape index (κ2) is 9.45. The molecule has 0 aliphatic heterocycles. The molecule has 1 amide bonds. The van der Waals surface area contributed by atoms with Gasteiger partial charge < -0.3 is 10.1 Å². The fourth-order valence-corrected chi connectivity index (χ4v) is 3.05. The first kappa shape index (κ1) is 23.6. The Morgan fingerprint density at radius 2 is 1.97 bits per heavy atom. The summed E-state index contributed by atoms with van der Waals surface area (Å²) in [6.07, 6.45) is 2.04. The lowest BCUT2D eigenvalue weighted by atomic mass is 9.97. The van der Waals surface area contributed by atoms with Gasteiger partial charge in [-0.25, -0.2) is 9.18 Å². The number of carbonyl (C=O) groups is 1. The second-order valence-corrected chi connectivity index (χ2v) is 8.78. The molecule has 30 heavy (non-hydrogen) atoms. The fourth-order valence-electron chi connectivity index (χ4n) is 3.05. The average molecular weight is 421 g/mol. The number of nitrogens with one attached hydrogen (secondary N) is 1. The van der Waals surface area contributed by atoms with Gasteiger partial charge in [0.15, 0.2) is 0 Å². The minimum Gasteiger partial charge on any atom is -0.490 e. The summed E-state index contributed by atoms with van der Waals surface area (Å²) in [7, 11) is 1.59. The van der Waals surface area contributed by atoms with Crippen LogP contribution in [0.25, 0.3) is 5.69 Å². The van der Waals surface area contributed by atoms with E-state index in [0.717, 1.165) is 23.6 Å². The predicted octanol–water partition coefficient (Wildman–Crippen LogP) is 3.62. The van der Waals surface area contributed by atoms with Crippen LogP contribution in [-0.2, 0) is 13.5 Å². The normalized spacial score (nSPS) is 12.7. The van der Waals surface area contributed by atoms with Gasteiger partial charge >= 0.3 is 5.69 Å². The molecule has 2 aromatic rings. The van der Waals surface area contributed by atoms with E-state index in [-0.39, 0.29) is 28.5 Å². The van der Waals surface area contributed by atoms with Gasteiger partial charge in [-0.3, -0.25) is 9.36 Å². The van der Waals surface area contributed by atoms with Crippen molar-refractivity contribution >= 4 is 5.91 Å². The Kier molecular flexibility index (Phi) is 7.44. The molecular formula is C22H33FN4O3. The highest BCUT2D eigenvalue weighted by molar-refractivity contribution is 5.97. The van der Waals surface area contributed by atoms with Crippen LogP contribution in [0.15, 0.2) is 16.9 Å². The van der Waals surface area contributed by atoms with Gasteiger partial charge in [-0.05, 0) is 24.8 Å². The van der Waals surface area contributed by atoms with E-state index >= 15 is 4.39 Å². The number of aromatic nitrogens is 3. The number of halogens is 1. The van der Waals surface area contributed by atoms with Crippen molar-refractivity contribution < 1.29 is 13.9 Å². The molecule has 0 aliphatic carbocycles. The van der Waals surface area contributed by atoms with Crippen molar-refractivity contribution in [3.05, 3.63) is 39.8 Å². The molecule has 1 aromatic heterocycles. The summed E-state index contributed by atoms with van der Waals surface area (Å²) >= 11 is 0. The van der Waals surface area contributed by atoms with Gasteiger partial charge in [0.05, 0.1) is 11.7 Å². The molecule has 0 unspecified atom stereocenters. The van der Waals surface area contributed by atoms with Crippen molar-refractivity contribution in [2.75, 3.05) is 6.54 Å². The minimum absolute atomic E-state index is 0.0404. The smallest absolute Gasteiger partial charge is 0.350 e. The number of aryl methyl sites for hydroxylation is 1. The number of nitrogens with zero attached hydrogens (tertiary/aromatic N) is 3. The van der Waals surface area contributed by atoms with Gasteiger partial charge in [0.2, 0.25) is 0 Å². The van der Waals surface area contributed by atoms with E-state index in [4.69, 9.17) is 4.74 Å². The SMILES string of the molecule is CCC[C@H](C)Oc1cc(-n2nc(CC)n(C)c2=O)c(F)cc1C(=O)NCC(C)(C)C. The van der Waals surface area contributed by atoms with Crippen LogP contribution in [0.5, 0.6) is 5.75 Å². The molecular weight excluding hydrogens is 387 g/mol. The second-order valence-electron chi connectivity index (χ2n) is 8.78. The first-order valence-corrected chi connectivity index (χ1v) is 10.4. The Morgan fingerprint density at radius 3 is 2.50 bits per heavy atom. The van der Waals surface area contributed by atoms with Crippen LogP contribution in [0.4, 0.5) is 4.39 Å². The van der Waals surface area contributed by atoms with E-state index in [0.29, 0.717) is 18.8 Å². The molecule has 0 spiro atoms. The molecule has 0 aliphatic rings.